The fraction of sp³-hybridized carbons (Fsp3) is 0.647. The van der Waals surface area contributed by atoms with Crippen molar-refractivity contribution < 1.29 is 23.9 Å². The van der Waals surface area contributed by atoms with Crippen molar-refractivity contribution >= 4 is 29.4 Å². The molecule has 1 aliphatic rings. The van der Waals surface area contributed by atoms with Crippen LogP contribution in [0.5, 0.6) is 0 Å². The number of amides is 2. The summed E-state index contributed by atoms with van der Waals surface area (Å²) in [7, 11) is 0. The van der Waals surface area contributed by atoms with Gasteiger partial charge in [-0.25, -0.2) is 9.78 Å². The van der Waals surface area contributed by atoms with E-state index in [2.05, 4.69) is 15.3 Å². The molecular weight excluding hydrogens is 376 g/mol. The molecule has 2 atom stereocenters. The van der Waals surface area contributed by atoms with E-state index in [1.165, 1.54) is 4.90 Å². The normalized spacial score (nSPS) is 19.6. The number of hydrogen-bond acceptors (Lipinski definition) is 6. The minimum Gasteiger partial charge on any atom is -0.459 e. The first-order valence-electron chi connectivity index (χ1n) is 9.04. The van der Waals surface area contributed by atoms with Crippen LogP contribution >= 0.6 is 11.6 Å². The highest BCUT2D eigenvalue weighted by molar-refractivity contribution is 6.32. The SMILES string of the molecule is CCOC(=O)C(=O)N1CC[C@@H](NC(=O)c2nc(Cl)c(CC)[nH]2)[C@@H](OCC)C1. The molecule has 1 fully saturated rings. The first-order valence-corrected chi connectivity index (χ1v) is 9.41. The van der Waals surface area contributed by atoms with Gasteiger partial charge in [0, 0.05) is 19.7 Å². The molecule has 1 saturated heterocycles. The Hall–Kier alpha value is -2.13. The molecule has 0 saturated carbocycles. The van der Waals surface area contributed by atoms with E-state index in [0.29, 0.717) is 31.7 Å². The minimum absolute atomic E-state index is 0.136. The quantitative estimate of drug-likeness (QED) is 0.542. The Morgan fingerprint density at radius 3 is 2.63 bits per heavy atom. The molecule has 10 heteroatoms. The zero-order chi connectivity index (χ0) is 20.0. The summed E-state index contributed by atoms with van der Waals surface area (Å²) >= 11 is 5.98. The van der Waals surface area contributed by atoms with E-state index in [1.807, 2.05) is 13.8 Å². The van der Waals surface area contributed by atoms with Gasteiger partial charge in [0.1, 0.15) is 0 Å². The lowest BCUT2D eigenvalue weighted by atomic mass is 10.0. The zero-order valence-electron chi connectivity index (χ0n) is 15.7. The monoisotopic (exact) mass is 400 g/mol. The summed E-state index contributed by atoms with van der Waals surface area (Å²) in [6, 6.07) is -0.322. The van der Waals surface area contributed by atoms with Crippen LogP contribution in [0.4, 0.5) is 0 Å². The van der Waals surface area contributed by atoms with Crippen molar-refractivity contribution in [3.63, 3.8) is 0 Å². The number of aryl methyl sites for hydroxylation is 1. The van der Waals surface area contributed by atoms with Crippen LogP contribution in [-0.4, -0.2) is 71.1 Å². The number of piperidine rings is 1. The van der Waals surface area contributed by atoms with Gasteiger partial charge < -0.3 is 24.7 Å². The van der Waals surface area contributed by atoms with Crippen molar-refractivity contribution in [2.45, 2.75) is 45.8 Å². The van der Waals surface area contributed by atoms with Gasteiger partial charge in [-0.3, -0.25) is 9.59 Å². The number of nitrogens with zero attached hydrogens (tertiary/aromatic N) is 2. The van der Waals surface area contributed by atoms with Crippen LogP contribution in [0, 0.1) is 0 Å². The third kappa shape index (κ3) is 5.20. The van der Waals surface area contributed by atoms with Gasteiger partial charge in [0.2, 0.25) is 0 Å². The maximum Gasteiger partial charge on any atom is 0.397 e. The number of halogens is 1. The molecule has 9 nitrogen and oxygen atoms in total. The van der Waals surface area contributed by atoms with Gasteiger partial charge in [-0.1, -0.05) is 18.5 Å². The average Bonchev–Trinajstić information content (AvgIpc) is 3.04. The molecule has 27 heavy (non-hydrogen) atoms. The molecule has 2 rings (SSSR count). The molecule has 2 amide bonds. The van der Waals surface area contributed by atoms with Gasteiger partial charge in [0.25, 0.3) is 5.91 Å². The largest absolute Gasteiger partial charge is 0.459 e. The summed E-state index contributed by atoms with van der Waals surface area (Å²) in [4.78, 5) is 44.6. The number of aromatic nitrogens is 2. The summed E-state index contributed by atoms with van der Waals surface area (Å²) in [5.41, 5.74) is 0.693. The number of carbonyl (C=O) groups is 3. The predicted molar refractivity (Wildman–Crippen MR) is 97.5 cm³/mol. The van der Waals surface area contributed by atoms with E-state index in [4.69, 9.17) is 21.1 Å². The predicted octanol–water partition coefficient (Wildman–Crippen LogP) is 0.924. The second-order valence-corrected chi connectivity index (χ2v) is 6.40. The smallest absolute Gasteiger partial charge is 0.397 e. The fourth-order valence-electron chi connectivity index (χ4n) is 2.94. The van der Waals surface area contributed by atoms with E-state index in [-0.39, 0.29) is 30.2 Å². The number of likely N-dealkylation sites (tertiary alicyclic amines) is 1. The van der Waals surface area contributed by atoms with Gasteiger partial charge in [-0.2, -0.15) is 0 Å². The van der Waals surface area contributed by atoms with Gasteiger partial charge in [0.15, 0.2) is 11.0 Å². The Labute approximate surface area is 162 Å². The highest BCUT2D eigenvalue weighted by Gasteiger charge is 2.36. The van der Waals surface area contributed by atoms with Crippen LogP contribution < -0.4 is 5.32 Å². The number of aromatic amines is 1. The summed E-state index contributed by atoms with van der Waals surface area (Å²) < 4.78 is 10.4. The molecule has 0 aliphatic carbocycles. The standard InChI is InChI=1S/C17H25ClN4O5/c1-4-10-13(18)21-14(19-10)15(23)20-11-7-8-22(9-12(11)26-5-2)16(24)17(25)27-6-3/h11-12H,4-9H2,1-3H3,(H,19,21)(H,20,23)/t11-,12+/m1/s1. The molecule has 0 spiro atoms. The number of esters is 1. The van der Waals surface area contributed by atoms with E-state index < -0.39 is 23.9 Å². The lowest BCUT2D eigenvalue weighted by molar-refractivity contribution is -0.162. The third-order valence-electron chi connectivity index (χ3n) is 4.29. The van der Waals surface area contributed by atoms with Crippen molar-refractivity contribution in [3.8, 4) is 0 Å². The van der Waals surface area contributed by atoms with Gasteiger partial charge in [0.05, 0.1) is 24.4 Å². The van der Waals surface area contributed by atoms with Gasteiger partial charge in [-0.05, 0) is 26.7 Å². The highest BCUT2D eigenvalue weighted by Crippen LogP contribution is 2.17. The zero-order valence-corrected chi connectivity index (χ0v) is 16.5. The molecule has 1 aliphatic heterocycles. The lowest BCUT2D eigenvalue weighted by Crippen LogP contribution is -2.57. The molecule has 1 aromatic rings. The highest BCUT2D eigenvalue weighted by atomic mass is 35.5. The Morgan fingerprint density at radius 1 is 1.30 bits per heavy atom. The molecule has 0 radical (unpaired) electrons. The molecule has 0 aromatic carbocycles. The van der Waals surface area contributed by atoms with Crippen LogP contribution in [0.15, 0.2) is 0 Å². The van der Waals surface area contributed by atoms with E-state index in [9.17, 15) is 14.4 Å². The fourth-order valence-corrected chi connectivity index (χ4v) is 3.20. The van der Waals surface area contributed by atoms with Crippen molar-refractivity contribution in [1.29, 1.82) is 0 Å². The van der Waals surface area contributed by atoms with Gasteiger partial charge >= 0.3 is 11.9 Å². The Bertz CT molecular complexity index is 693. The van der Waals surface area contributed by atoms with Crippen molar-refractivity contribution in [2.24, 2.45) is 0 Å². The molecule has 1 aromatic heterocycles. The second-order valence-electron chi connectivity index (χ2n) is 6.04. The maximum absolute atomic E-state index is 12.5. The average molecular weight is 401 g/mol. The summed E-state index contributed by atoms with van der Waals surface area (Å²) in [6.45, 7) is 6.41. The number of H-pyrrole nitrogens is 1. The summed E-state index contributed by atoms with van der Waals surface area (Å²) in [5, 5.41) is 3.15. The molecule has 2 heterocycles. The first-order chi connectivity index (χ1) is 12.9. The van der Waals surface area contributed by atoms with Crippen LogP contribution in [-0.2, 0) is 25.5 Å². The Kier molecular flexibility index (Phi) is 7.61. The first kappa shape index (κ1) is 21.2. The van der Waals surface area contributed by atoms with Crippen LogP contribution in [0.25, 0.3) is 0 Å². The van der Waals surface area contributed by atoms with E-state index in [0.717, 1.165) is 0 Å². The number of rotatable bonds is 6. The van der Waals surface area contributed by atoms with Crippen LogP contribution in [0.1, 0.15) is 43.5 Å². The topological polar surface area (TPSA) is 114 Å². The maximum atomic E-state index is 12.5. The van der Waals surface area contributed by atoms with Crippen LogP contribution in [0.3, 0.4) is 0 Å². The van der Waals surface area contributed by atoms with E-state index in [1.54, 1.807) is 6.92 Å². The third-order valence-corrected chi connectivity index (χ3v) is 4.60. The van der Waals surface area contributed by atoms with Crippen molar-refractivity contribution in [1.82, 2.24) is 20.2 Å². The number of carbonyl (C=O) groups excluding carboxylic acids is 3. The molecular formula is C17H25ClN4O5. The molecule has 2 N–H and O–H groups in total. The van der Waals surface area contributed by atoms with Crippen molar-refractivity contribution in [2.75, 3.05) is 26.3 Å². The lowest BCUT2D eigenvalue weighted by Gasteiger charge is -2.37. The summed E-state index contributed by atoms with van der Waals surface area (Å²) in [5.74, 6) is -1.84. The Balaban J connectivity index is 2.03. The molecule has 0 unspecified atom stereocenters. The van der Waals surface area contributed by atoms with E-state index >= 15 is 0 Å². The second kappa shape index (κ2) is 9.70. The van der Waals surface area contributed by atoms with Crippen LogP contribution in [0.2, 0.25) is 5.15 Å². The number of ether oxygens (including phenoxy) is 2. The summed E-state index contributed by atoms with van der Waals surface area (Å²) in [6.07, 6.45) is 0.633. The molecule has 150 valence electrons. The van der Waals surface area contributed by atoms with Gasteiger partial charge in [-0.15, -0.1) is 0 Å². The number of nitrogens with one attached hydrogen (secondary N) is 2. The molecule has 0 bridgehead atoms. The van der Waals surface area contributed by atoms with Crippen molar-refractivity contribution in [3.05, 3.63) is 16.7 Å². The number of imidazole rings is 1. The number of hydrogen-bond donors (Lipinski definition) is 2. The minimum atomic E-state index is -0.882. The Morgan fingerprint density at radius 2 is 2.04 bits per heavy atom.